The number of hydrogen-bond donors (Lipinski definition) is 2. The lowest BCUT2D eigenvalue weighted by Crippen LogP contribution is -2.16. The molecule has 4 rings (SSSR count). The summed E-state index contributed by atoms with van der Waals surface area (Å²) >= 11 is 7.34. The molecule has 30 heavy (non-hydrogen) atoms. The summed E-state index contributed by atoms with van der Waals surface area (Å²) in [4.78, 5) is 11.3. The Balaban J connectivity index is 1.84. The van der Waals surface area contributed by atoms with Crippen LogP contribution in [0.2, 0.25) is 5.02 Å². The lowest BCUT2D eigenvalue weighted by atomic mass is 10.1. The van der Waals surface area contributed by atoms with Crippen LogP contribution < -0.4 is 4.72 Å². The molecule has 0 unspecified atom stereocenters. The molecular weight excluding hydrogens is 446 g/mol. The SMILES string of the molecule is N#Cc1cc(NS(=O)(=O)c2cc(C(=O)O)ccc2C2CC2)c(-c2ccsn2)cc1Cl. The Kier molecular flexibility index (Phi) is 5.24. The largest absolute Gasteiger partial charge is 0.478 e. The van der Waals surface area contributed by atoms with Gasteiger partial charge in [0.05, 0.1) is 32.4 Å². The molecule has 3 aromatic rings. The monoisotopic (exact) mass is 459 g/mol. The maximum atomic E-state index is 13.3. The van der Waals surface area contributed by atoms with E-state index in [1.54, 1.807) is 17.5 Å². The lowest BCUT2D eigenvalue weighted by molar-refractivity contribution is 0.0696. The molecule has 2 N–H and O–H groups in total. The summed E-state index contributed by atoms with van der Waals surface area (Å²) in [6, 6.07) is 10.6. The zero-order chi connectivity index (χ0) is 21.5. The molecule has 1 saturated carbocycles. The van der Waals surface area contributed by atoms with Crippen LogP contribution in [-0.2, 0) is 10.0 Å². The average molecular weight is 460 g/mol. The summed E-state index contributed by atoms with van der Waals surface area (Å²) in [7, 11) is -4.15. The number of rotatable bonds is 6. The van der Waals surface area contributed by atoms with Crippen molar-refractivity contribution in [3.63, 3.8) is 0 Å². The van der Waals surface area contributed by atoms with Gasteiger partial charge in [-0.15, -0.1) is 0 Å². The van der Waals surface area contributed by atoms with E-state index in [-0.39, 0.29) is 32.7 Å². The molecule has 0 bridgehead atoms. The topological polar surface area (TPSA) is 120 Å². The summed E-state index contributed by atoms with van der Waals surface area (Å²) in [5, 5.41) is 20.5. The molecule has 7 nitrogen and oxygen atoms in total. The lowest BCUT2D eigenvalue weighted by Gasteiger charge is -2.16. The minimum absolute atomic E-state index is 0.0808. The highest BCUT2D eigenvalue weighted by Crippen LogP contribution is 2.44. The van der Waals surface area contributed by atoms with Crippen LogP contribution in [0.3, 0.4) is 0 Å². The quantitative estimate of drug-likeness (QED) is 0.550. The van der Waals surface area contributed by atoms with E-state index in [0.29, 0.717) is 16.8 Å². The van der Waals surface area contributed by atoms with E-state index in [1.165, 1.54) is 35.8 Å². The highest BCUT2D eigenvalue weighted by Gasteiger charge is 2.31. The highest BCUT2D eigenvalue weighted by molar-refractivity contribution is 7.92. The normalized spacial score (nSPS) is 13.6. The van der Waals surface area contributed by atoms with Gasteiger partial charge < -0.3 is 5.11 Å². The number of nitrogens with one attached hydrogen (secondary N) is 1. The van der Waals surface area contributed by atoms with E-state index in [9.17, 15) is 23.6 Å². The third-order valence-corrected chi connectivity index (χ3v) is 7.05. The number of hydrogen-bond acceptors (Lipinski definition) is 6. The van der Waals surface area contributed by atoms with Crippen molar-refractivity contribution in [2.75, 3.05) is 4.72 Å². The van der Waals surface area contributed by atoms with Gasteiger partial charge in [-0.05, 0) is 66.2 Å². The second-order valence-corrected chi connectivity index (χ2v) is 9.54. The van der Waals surface area contributed by atoms with Crippen LogP contribution in [0, 0.1) is 11.3 Å². The maximum Gasteiger partial charge on any atom is 0.335 e. The zero-order valence-electron chi connectivity index (χ0n) is 15.3. The van der Waals surface area contributed by atoms with Gasteiger partial charge in [0.2, 0.25) is 0 Å². The van der Waals surface area contributed by atoms with Crippen LogP contribution in [0.25, 0.3) is 11.3 Å². The van der Waals surface area contributed by atoms with Gasteiger partial charge in [0.25, 0.3) is 10.0 Å². The Bertz CT molecular complexity index is 1290. The Labute approximate surface area is 181 Å². The van der Waals surface area contributed by atoms with Crippen molar-refractivity contribution in [1.29, 1.82) is 5.26 Å². The van der Waals surface area contributed by atoms with Crippen molar-refractivity contribution in [2.24, 2.45) is 0 Å². The summed E-state index contributed by atoms with van der Waals surface area (Å²) in [5.74, 6) is -1.13. The van der Waals surface area contributed by atoms with Crippen molar-refractivity contribution in [1.82, 2.24) is 4.37 Å². The molecule has 0 amide bonds. The number of sulfonamides is 1. The molecule has 0 atom stereocenters. The van der Waals surface area contributed by atoms with Gasteiger partial charge in [0, 0.05) is 10.9 Å². The van der Waals surface area contributed by atoms with Crippen molar-refractivity contribution in [3.05, 3.63) is 63.5 Å². The third kappa shape index (κ3) is 3.89. The fraction of sp³-hybridized carbons (Fsp3) is 0.150. The molecule has 1 heterocycles. The predicted molar refractivity (Wildman–Crippen MR) is 113 cm³/mol. The molecular formula is C20H14ClN3O4S2. The van der Waals surface area contributed by atoms with Crippen LogP contribution >= 0.6 is 23.1 Å². The number of carboxylic acid groups (broad SMARTS) is 1. The molecule has 0 aliphatic heterocycles. The third-order valence-electron chi connectivity index (χ3n) is 4.75. The van der Waals surface area contributed by atoms with Gasteiger partial charge in [-0.2, -0.15) is 9.64 Å². The number of aromatic carboxylic acids is 1. The molecule has 1 aliphatic carbocycles. The number of aromatic nitrogens is 1. The molecule has 2 aromatic carbocycles. The van der Waals surface area contributed by atoms with Crippen molar-refractivity contribution >= 4 is 44.8 Å². The van der Waals surface area contributed by atoms with E-state index in [4.69, 9.17) is 11.6 Å². The first-order valence-electron chi connectivity index (χ1n) is 8.84. The fourth-order valence-corrected chi connectivity index (χ4v) is 5.26. The number of nitrogens with zero attached hydrogens (tertiary/aromatic N) is 2. The van der Waals surface area contributed by atoms with Gasteiger partial charge in [0.15, 0.2) is 0 Å². The summed E-state index contributed by atoms with van der Waals surface area (Å²) in [5.41, 5.74) is 1.64. The Morgan fingerprint density at radius 3 is 2.63 bits per heavy atom. The summed E-state index contributed by atoms with van der Waals surface area (Å²) in [6.07, 6.45) is 1.69. The van der Waals surface area contributed by atoms with Crippen LogP contribution in [0.1, 0.15) is 40.2 Å². The molecule has 152 valence electrons. The first-order chi connectivity index (χ1) is 14.3. The minimum Gasteiger partial charge on any atom is -0.478 e. The summed E-state index contributed by atoms with van der Waals surface area (Å²) < 4.78 is 33.3. The molecule has 10 heteroatoms. The van der Waals surface area contributed by atoms with Gasteiger partial charge in [0.1, 0.15) is 6.07 Å². The molecule has 1 aliphatic rings. The number of carbonyl (C=O) groups is 1. The average Bonchev–Trinajstić information content (AvgIpc) is 3.42. The minimum atomic E-state index is -4.15. The molecule has 0 spiro atoms. The second kappa shape index (κ2) is 7.72. The van der Waals surface area contributed by atoms with E-state index in [1.807, 2.05) is 6.07 Å². The Morgan fingerprint density at radius 1 is 1.27 bits per heavy atom. The van der Waals surface area contributed by atoms with Crippen molar-refractivity contribution < 1.29 is 18.3 Å². The number of halogens is 1. The first kappa shape index (κ1) is 20.3. The van der Waals surface area contributed by atoms with Gasteiger partial charge in [-0.25, -0.2) is 13.2 Å². The number of benzene rings is 2. The standard InChI is InChI=1S/C20H14ClN3O4S2/c21-16-9-15(17-5-6-29-23-17)18(7-13(16)10-22)24-30(27,28)19-8-12(20(25)26)3-4-14(19)11-1-2-11/h3-9,11,24H,1-2H2,(H,25,26). The molecule has 1 aromatic heterocycles. The zero-order valence-corrected chi connectivity index (χ0v) is 17.7. The van der Waals surface area contributed by atoms with E-state index < -0.39 is 16.0 Å². The molecule has 0 radical (unpaired) electrons. The number of anilines is 1. The van der Waals surface area contributed by atoms with Crippen molar-refractivity contribution in [2.45, 2.75) is 23.7 Å². The van der Waals surface area contributed by atoms with E-state index >= 15 is 0 Å². The van der Waals surface area contributed by atoms with E-state index in [2.05, 4.69) is 9.10 Å². The van der Waals surface area contributed by atoms with Gasteiger partial charge >= 0.3 is 5.97 Å². The molecule has 1 fully saturated rings. The van der Waals surface area contributed by atoms with Crippen LogP contribution in [0.4, 0.5) is 5.69 Å². The Hall–Kier alpha value is -2.93. The van der Waals surface area contributed by atoms with E-state index in [0.717, 1.165) is 12.8 Å². The van der Waals surface area contributed by atoms with Crippen molar-refractivity contribution in [3.8, 4) is 17.3 Å². The smallest absolute Gasteiger partial charge is 0.335 e. The second-order valence-electron chi connectivity index (χ2n) is 6.81. The predicted octanol–water partition coefficient (Wildman–Crippen LogP) is 4.71. The number of carboxylic acids is 1. The first-order valence-corrected chi connectivity index (χ1v) is 11.5. The van der Waals surface area contributed by atoms with Gasteiger partial charge in [-0.1, -0.05) is 17.7 Å². The van der Waals surface area contributed by atoms with Crippen LogP contribution in [0.5, 0.6) is 0 Å². The molecule has 0 saturated heterocycles. The summed E-state index contributed by atoms with van der Waals surface area (Å²) in [6.45, 7) is 0. The number of nitriles is 1. The van der Waals surface area contributed by atoms with Crippen LogP contribution in [-0.4, -0.2) is 23.9 Å². The maximum absolute atomic E-state index is 13.3. The van der Waals surface area contributed by atoms with Gasteiger partial charge in [-0.3, -0.25) is 4.72 Å². The van der Waals surface area contributed by atoms with Crippen LogP contribution in [0.15, 0.2) is 46.7 Å². The highest BCUT2D eigenvalue weighted by atomic mass is 35.5. The Morgan fingerprint density at radius 2 is 2.03 bits per heavy atom. The fourth-order valence-electron chi connectivity index (χ4n) is 3.14.